The summed E-state index contributed by atoms with van der Waals surface area (Å²) in [5.41, 5.74) is 1.68. The van der Waals surface area contributed by atoms with Gasteiger partial charge in [-0.2, -0.15) is 0 Å². The van der Waals surface area contributed by atoms with E-state index in [4.69, 9.17) is 4.98 Å². The first-order chi connectivity index (χ1) is 7.04. The van der Waals surface area contributed by atoms with Crippen LogP contribution in [0.15, 0.2) is 0 Å². The third kappa shape index (κ3) is 1.95. The zero-order valence-electron chi connectivity index (χ0n) is 10.1. The van der Waals surface area contributed by atoms with Crippen LogP contribution in [0.25, 0.3) is 0 Å². The molecular formula is C12H20N2S. The number of hydrogen-bond donors (Lipinski definition) is 1. The van der Waals surface area contributed by atoms with Gasteiger partial charge in [0.15, 0.2) is 0 Å². The second-order valence-corrected chi connectivity index (χ2v) is 6.28. The van der Waals surface area contributed by atoms with Crippen molar-refractivity contribution in [2.75, 3.05) is 13.6 Å². The number of rotatable bonds is 3. The molecule has 0 bridgehead atoms. The van der Waals surface area contributed by atoms with E-state index < -0.39 is 0 Å². The maximum Gasteiger partial charge on any atom is 0.0972 e. The van der Waals surface area contributed by atoms with Crippen LogP contribution in [0, 0.1) is 0 Å². The van der Waals surface area contributed by atoms with Crippen LogP contribution in [-0.4, -0.2) is 18.6 Å². The first kappa shape index (κ1) is 11.1. The van der Waals surface area contributed by atoms with E-state index >= 15 is 0 Å². The summed E-state index contributed by atoms with van der Waals surface area (Å²) in [6.45, 7) is 7.89. The predicted molar refractivity (Wildman–Crippen MR) is 65.8 cm³/mol. The molecule has 84 valence electrons. The van der Waals surface area contributed by atoms with Gasteiger partial charge in [0, 0.05) is 22.8 Å². The van der Waals surface area contributed by atoms with Crippen molar-refractivity contribution in [1.82, 2.24) is 10.3 Å². The van der Waals surface area contributed by atoms with Crippen molar-refractivity contribution < 1.29 is 0 Å². The second-order valence-electron chi connectivity index (χ2n) is 5.17. The molecule has 1 aromatic rings. The standard InChI is InChI=1S/C12H20N2S/c1-8(7-13-4)11-14-10-9(15-11)5-6-12(10,2)3/h8,13H,5-7H2,1-4H3. The summed E-state index contributed by atoms with van der Waals surface area (Å²) >= 11 is 1.92. The van der Waals surface area contributed by atoms with Crippen molar-refractivity contribution in [2.24, 2.45) is 0 Å². The Morgan fingerprint density at radius 3 is 2.87 bits per heavy atom. The minimum absolute atomic E-state index is 0.309. The van der Waals surface area contributed by atoms with Crippen LogP contribution in [-0.2, 0) is 11.8 Å². The largest absolute Gasteiger partial charge is 0.319 e. The molecule has 0 saturated carbocycles. The number of nitrogens with one attached hydrogen (secondary N) is 1. The van der Waals surface area contributed by atoms with Gasteiger partial charge in [0.2, 0.25) is 0 Å². The van der Waals surface area contributed by atoms with Gasteiger partial charge in [-0.1, -0.05) is 20.8 Å². The lowest BCUT2D eigenvalue weighted by Crippen LogP contribution is -2.16. The smallest absolute Gasteiger partial charge is 0.0972 e. The normalized spacial score (nSPS) is 20.3. The lowest BCUT2D eigenvalue weighted by molar-refractivity contribution is 0.506. The number of hydrogen-bond acceptors (Lipinski definition) is 3. The first-order valence-electron chi connectivity index (χ1n) is 5.69. The molecule has 2 rings (SSSR count). The first-order valence-corrected chi connectivity index (χ1v) is 6.51. The van der Waals surface area contributed by atoms with Gasteiger partial charge < -0.3 is 5.32 Å². The van der Waals surface area contributed by atoms with E-state index in [0.717, 1.165) is 6.54 Å². The van der Waals surface area contributed by atoms with E-state index in [1.807, 2.05) is 18.4 Å². The Hall–Kier alpha value is -0.410. The minimum Gasteiger partial charge on any atom is -0.319 e. The molecule has 1 atom stereocenters. The Labute approximate surface area is 96.1 Å². The molecule has 1 aliphatic carbocycles. The molecule has 0 radical (unpaired) electrons. The fourth-order valence-electron chi connectivity index (χ4n) is 2.22. The van der Waals surface area contributed by atoms with Gasteiger partial charge in [-0.25, -0.2) is 4.98 Å². The lowest BCUT2D eigenvalue weighted by atomic mass is 9.91. The Morgan fingerprint density at radius 1 is 1.53 bits per heavy atom. The van der Waals surface area contributed by atoms with Gasteiger partial charge in [0.1, 0.15) is 0 Å². The predicted octanol–water partition coefficient (Wildman–Crippen LogP) is 2.69. The highest BCUT2D eigenvalue weighted by Crippen LogP contribution is 2.41. The van der Waals surface area contributed by atoms with Crippen LogP contribution >= 0.6 is 11.3 Å². The molecule has 0 aromatic carbocycles. The van der Waals surface area contributed by atoms with E-state index in [1.165, 1.54) is 28.4 Å². The molecular weight excluding hydrogens is 204 g/mol. The van der Waals surface area contributed by atoms with Gasteiger partial charge in [-0.15, -0.1) is 11.3 Å². The van der Waals surface area contributed by atoms with Crippen molar-refractivity contribution in [1.29, 1.82) is 0 Å². The number of fused-ring (bicyclic) bond motifs is 1. The molecule has 0 saturated heterocycles. The summed E-state index contributed by atoms with van der Waals surface area (Å²) in [5, 5.41) is 4.53. The van der Waals surface area contributed by atoms with Crippen LogP contribution in [0.1, 0.15) is 48.7 Å². The molecule has 0 fully saturated rings. The molecule has 15 heavy (non-hydrogen) atoms. The number of nitrogens with zero attached hydrogens (tertiary/aromatic N) is 1. The minimum atomic E-state index is 0.309. The molecule has 3 heteroatoms. The summed E-state index contributed by atoms with van der Waals surface area (Å²) < 4.78 is 0. The molecule has 0 amide bonds. The van der Waals surface area contributed by atoms with E-state index in [2.05, 4.69) is 26.1 Å². The summed E-state index contributed by atoms with van der Waals surface area (Å²) in [4.78, 5) is 6.37. The van der Waals surface area contributed by atoms with Crippen LogP contribution in [0.4, 0.5) is 0 Å². The Bertz CT molecular complexity index is 355. The number of aromatic nitrogens is 1. The van der Waals surface area contributed by atoms with Crippen LogP contribution < -0.4 is 5.32 Å². The van der Waals surface area contributed by atoms with Crippen LogP contribution in [0.3, 0.4) is 0 Å². The molecule has 2 nitrogen and oxygen atoms in total. The molecule has 0 spiro atoms. The van der Waals surface area contributed by atoms with Crippen molar-refractivity contribution in [3.8, 4) is 0 Å². The number of thiazole rings is 1. The highest BCUT2D eigenvalue weighted by molar-refractivity contribution is 7.11. The molecule has 0 aliphatic heterocycles. The van der Waals surface area contributed by atoms with Gasteiger partial charge in [-0.05, 0) is 19.9 Å². The van der Waals surface area contributed by atoms with Crippen molar-refractivity contribution in [2.45, 2.75) is 44.9 Å². The topological polar surface area (TPSA) is 24.9 Å². The molecule has 1 aromatic heterocycles. The summed E-state index contributed by atoms with van der Waals surface area (Å²) in [6.07, 6.45) is 2.49. The van der Waals surface area contributed by atoms with Gasteiger partial charge in [0.25, 0.3) is 0 Å². The highest BCUT2D eigenvalue weighted by Gasteiger charge is 2.34. The Balaban J connectivity index is 2.25. The SMILES string of the molecule is CNCC(C)c1nc2c(s1)CCC2(C)C. The molecule has 1 aliphatic rings. The average molecular weight is 224 g/mol. The van der Waals surface area contributed by atoms with Crippen molar-refractivity contribution in [3.05, 3.63) is 15.6 Å². The third-order valence-corrected chi connectivity index (χ3v) is 4.61. The molecule has 1 unspecified atom stereocenters. The third-order valence-electron chi connectivity index (χ3n) is 3.26. The van der Waals surface area contributed by atoms with Crippen molar-refractivity contribution in [3.63, 3.8) is 0 Å². The lowest BCUT2D eigenvalue weighted by Gasteiger charge is -2.16. The maximum absolute atomic E-state index is 4.84. The zero-order valence-corrected chi connectivity index (χ0v) is 10.9. The van der Waals surface area contributed by atoms with Crippen LogP contribution in [0.5, 0.6) is 0 Å². The van der Waals surface area contributed by atoms with E-state index in [1.54, 1.807) is 0 Å². The maximum atomic E-state index is 4.84. The quantitative estimate of drug-likeness (QED) is 0.854. The Morgan fingerprint density at radius 2 is 2.27 bits per heavy atom. The summed E-state index contributed by atoms with van der Waals surface area (Å²) in [5.74, 6) is 0.543. The number of likely N-dealkylation sites (N-methyl/N-ethyl adjacent to an activating group) is 1. The van der Waals surface area contributed by atoms with E-state index in [9.17, 15) is 0 Å². The fourth-order valence-corrected chi connectivity index (χ4v) is 3.51. The second kappa shape index (κ2) is 3.87. The molecule has 1 heterocycles. The van der Waals surface area contributed by atoms with Gasteiger partial charge >= 0.3 is 0 Å². The van der Waals surface area contributed by atoms with Gasteiger partial charge in [-0.3, -0.25) is 0 Å². The van der Waals surface area contributed by atoms with E-state index in [-0.39, 0.29) is 0 Å². The highest BCUT2D eigenvalue weighted by atomic mass is 32.1. The number of aryl methyl sites for hydroxylation is 1. The summed E-state index contributed by atoms with van der Waals surface area (Å²) in [6, 6.07) is 0. The van der Waals surface area contributed by atoms with Crippen LogP contribution in [0.2, 0.25) is 0 Å². The molecule has 1 N–H and O–H groups in total. The van der Waals surface area contributed by atoms with Crippen molar-refractivity contribution >= 4 is 11.3 Å². The average Bonchev–Trinajstić information content (AvgIpc) is 2.68. The zero-order chi connectivity index (χ0) is 11.1. The Kier molecular flexibility index (Phi) is 2.86. The summed E-state index contributed by atoms with van der Waals surface area (Å²) in [7, 11) is 2.00. The van der Waals surface area contributed by atoms with Gasteiger partial charge in [0.05, 0.1) is 10.7 Å². The van der Waals surface area contributed by atoms with E-state index in [0.29, 0.717) is 11.3 Å². The monoisotopic (exact) mass is 224 g/mol. The fraction of sp³-hybridized carbons (Fsp3) is 0.750.